The van der Waals surface area contributed by atoms with Gasteiger partial charge in [0.15, 0.2) is 0 Å². The van der Waals surface area contributed by atoms with E-state index < -0.39 is 6.10 Å². The second-order valence-electron chi connectivity index (χ2n) is 4.63. The van der Waals surface area contributed by atoms with Crippen LogP contribution < -0.4 is 4.57 Å². The van der Waals surface area contributed by atoms with Gasteiger partial charge < -0.3 is 5.11 Å². The average Bonchev–Trinajstić information content (AvgIpc) is 2.85. The van der Waals surface area contributed by atoms with Crippen molar-refractivity contribution in [3.8, 4) is 0 Å². The molecule has 0 aliphatic carbocycles. The molecule has 0 radical (unpaired) electrons. The van der Waals surface area contributed by atoms with Gasteiger partial charge in [-0.05, 0) is 12.0 Å². The van der Waals surface area contributed by atoms with Crippen LogP contribution in [0.15, 0.2) is 49.1 Å². The number of rotatable bonds is 6. The Bertz CT molecular complexity index is 464. The number of unbranched alkanes of at least 4 members (excludes halogenated alkanes) is 1. The summed E-state index contributed by atoms with van der Waals surface area (Å²) in [5, 5.41) is 10.1. The molecule has 1 N–H and O–H groups in total. The topological polar surface area (TPSA) is 29.0 Å². The van der Waals surface area contributed by atoms with Gasteiger partial charge in [-0.2, -0.15) is 0 Å². The van der Waals surface area contributed by atoms with Gasteiger partial charge in [0.05, 0.1) is 6.54 Å². The van der Waals surface area contributed by atoms with Crippen LogP contribution in [0.4, 0.5) is 0 Å². The lowest BCUT2D eigenvalue weighted by atomic mass is 10.1. The summed E-state index contributed by atoms with van der Waals surface area (Å²) in [6.07, 6.45) is 8.08. The highest BCUT2D eigenvalue weighted by Crippen LogP contribution is 2.11. The van der Waals surface area contributed by atoms with Crippen molar-refractivity contribution in [2.45, 2.75) is 39.0 Å². The van der Waals surface area contributed by atoms with Crippen LogP contribution in [0.2, 0.25) is 0 Å². The molecule has 0 saturated heterocycles. The van der Waals surface area contributed by atoms with E-state index in [1.165, 1.54) is 12.8 Å². The standard InChI is InChI=1S/C15H21N2O/c1-2-3-9-16-10-11-17(13-16)12-15(18)14-7-5-4-6-8-14/h4-8,10-11,13,15,18H,2-3,9,12H2,1H3/q+1/t15-/m1/s1. The van der Waals surface area contributed by atoms with E-state index in [2.05, 4.69) is 24.0 Å². The van der Waals surface area contributed by atoms with Crippen molar-refractivity contribution >= 4 is 0 Å². The monoisotopic (exact) mass is 245 g/mol. The van der Waals surface area contributed by atoms with Crippen molar-refractivity contribution in [1.29, 1.82) is 0 Å². The fourth-order valence-corrected chi connectivity index (χ4v) is 2.00. The largest absolute Gasteiger partial charge is 0.384 e. The van der Waals surface area contributed by atoms with E-state index in [9.17, 15) is 5.11 Å². The van der Waals surface area contributed by atoms with Crippen LogP contribution in [0.5, 0.6) is 0 Å². The van der Waals surface area contributed by atoms with Gasteiger partial charge in [-0.1, -0.05) is 43.7 Å². The van der Waals surface area contributed by atoms with E-state index >= 15 is 0 Å². The lowest BCUT2D eigenvalue weighted by Crippen LogP contribution is -2.34. The molecule has 18 heavy (non-hydrogen) atoms. The maximum absolute atomic E-state index is 10.1. The van der Waals surface area contributed by atoms with Gasteiger partial charge in [-0.3, -0.25) is 0 Å². The highest BCUT2D eigenvalue weighted by atomic mass is 16.3. The van der Waals surface area contributed by atoms with Crippen molar-refractivity contribution in [3.63, 3.8) is 0 Å². The Morgan fingerprint density at radius 1 is 1.28 bits per heavy atom. The number of imidazole rings is 1. The summed E-state index contributed by atoms with van der Waals surface area (Å²) in [6.45, 7) is 3.84. The number of aryl methyl sites for hydroxylation is 1. The second kappa shape index (κ2) is 6.36. The lowest BCUT2D eigenvalue weighted by Gasteiger charge is -2.07. The number of hydrogen-bond acceptors (Lipinski definition) is 1. The fourth-order valence-electron chi connectivity index (χ4n) is 2.00. The zero-order chi connectivity index (χ0) is 12.8. The Hall–Kier alpha value is -1.61. The number of benzene rings is 1. The number of nitrogens with zero attached hydrogens (tertiary/aromatic N) is 2. The smallest absolute Gasteiger partial charge is 0.243 e. The predicted molar refractivity (Wildman–Crippen MR) is 70.9 cm³/mol. The van der Waals surface area contributed by atoms with Crippen LogP contribution >= 0.6 is 0 Å². The maximum atomic E-state index is 10.1. The van der Waals surface area contributed by atoms with E-state index in [0.29, 0.717) is 6.54 Å². The average molecular weight is 245 g/mol. The van der Waals surface area contributed by atoms with Crippen molar-refractivity contribution in [2.24, 2.45) is 0 Å². The van der Waals surface area contributed by atoms with Crippen molar-refractivity contribution in [1.82, 2.24) is 4.57 Å². The maximum Gasteiger partial charge on any atom is 0.243 e. The van der Waals surface area contributed by atoms with Crippen LogP contribution in [0, 0.1) is 0 Å². The summed E-state index contributed by atoms with van der Waals surface area (Å²) < 4.78 is 4.20. The normalized spacial score (nSPS) is 12.6. The third-order valence-electron chi connectivity index (χ3n) is 3.08. The van der Waals surface area contributed by atoms with Crippen molar-refractivity contribution in [2.75, 3.05) is 0 Å². The molecular weight excluding hydrogens is 224 g/mol. The van der Waals surface area contributed by atoms with E-state index in [-0.39, 0.29) is 0 Å². The minimum absolute atomic E-state index is 0.446. The Balaban J connectivity index is 1.95. The molecule has 96 valence electrons. The highest BCUT2D eigenvalue weighted by Gasteiger charge is 2.11. The number of hydrogen-bond donors (Lipinski definition) is 1. The van der Waals surface area contributed by atoms with Gasteiger partial charge in [0, 0.05) is 0 Å². The third kappa shape index (κ3) is 3.44. The molecule has 1 heterocycles. The molecule has 0 aliphatic heterocycles. The molecule has 0 aliphatic rings. The van der Waals surface area contributed by atoms with Gasteiger partial charge in [-0.25, -0.2) is 9.13 Å². The summed E-state index contributed by atoms with van der Waals surface area (Å²) in [6, 6.07) is 9.79. The predicted octanol–water partition coefficient (Wildman–Crippen LogP) is 2.31. The van der Waals surface area contributed by atoms with Crippen molar-refractivity contribution < 1.29 is 9.67 Å². The first-order valence-corrected chi connectivity index (χ1v) is 6.57. The van der Waals surface area contributed by atoms with Gasteiger partial charge in [0.2, 0.25) is 6.33 Å². The Morgan fingerprint density at radius 3 is 2.78 bits per heavy atom. The minimum atomic E-state index is -0.446. The molecule has 3 nitrogen and oxygen atoms in total. The van der Waals surface area contributed by atoms with Gasteiger partial charge >= 0.3 is 0 Å². The van der Waals surface area contributed by atoms with E-state index in [0.717, 1.165) is 12.1 Å². The van der Waals surface area contributed by atoms with E-state index in [1.54, 1.807) is 0 Å². The highest BCUT2D eigenvalue weighted by molar-refractivity contribution is 5.16. The molecule has 0 unspecified atom stereocenters. The molecule has 0 fully saturated rings. The van der Waals surface area contributed by atoms with Crippen molar-refractivity contribution in [3.05, 3.63) is 54.6 Å². The molecule has 0 spiro atoms. The molecule has 2 rings (SSSR count). The van der Waals surface area contributed by atoms with Crippen LogP contribution in [0.1, 0.15) is 31.4 Å². The van der Waals surface area contributed by atoms with E-state index in [1.807, 2.05) is 41.1 Å². The molecular formula is C15H21N2O+. The van der Waals surface area contributed by atoms with E-state index in [4.69, 9.17) is 0 Å². The molecule has 0 amide bonds. The van der Waals surface area contributed by atoms with Gasteiger partial charge in [0.1, 0.15) is 25.0 Å². The number of aromatic nitrogens is 2. The lowest BCUT2D eigenvalue weighted by molar-refractivity contribution is -0.704. The zero-order valence-electron chi connectivity index (χ0n) is 10.9. The molecule has 1 aromatic carbocycles. The molecule has 3 heteroatoms. The SMILES string of the molecule is CCCCn1cc[n+](C[C@@H](O)c2ccccc2)c1. The molecule has 0 bridgehead atoms. The summed E-state index contributed by atoms with van der Waals surface area (Å²) >= 11 is 0. The van der Waals surface area contributed by atoms with Crippen LogP contribution in [-0.4, -0.2) is 9.67 Å². The van der Waals surface area contributed by atoms with Gasteiger partial charge in [0.25, 0.3) is 0 Å². The number of aliphatic hydroxyl groups excluding tert-OH is 1. The Kier molecular flexibility index (Phi) is 4.53. The van der Waals surface area contributed by atoms with Crippen LogP contribution in [0.3, 0.4) is 0 Å². The zero-order valence-corrected chi connectivity index (χ0v) is 10.9. The first-order chi connectivity index (χ1) is 8.79. The number of aliphatic hydroxyl groups is 1. The van der Waals surface area contributed by atoms with Crippen LogP contribution in [0.25, 0.3) is 0 Å². The first kappa shape index (κ1) is 12.8. The molecule has 0 saturated carbocycles. The minimum Gasteiger partial charge on any atom is -0.384 e. The Morgan fingerprint density at radius 2 is 2.06 bits per heavy atom. The molecule has 1 atom stereocenters. The third-order valence-corrected chi connectivity index (χ3v) is 3.08. The van der Waals surface area contributed by atoms with Crippen LogP contribution in [-0.2, 0) is 13.1 Å². The second-order valence-corrected chi connectivity index (χ2v) is 4.63. The molecule has 2 aromatic rings. The summed E-state index contributed by atoms with van der Waals surface area (Å²) in [5.74, 6) is 0. The summed E-state index contributed by atoms with van der Waals surface area (Å²) in [7, 11) is 0. The first-order valence-electron chi connectivity index (χ1n) is 6.57. The summed E-state index contributed by atoms with van der Waals surface area (Å²) in [4.78, 5) is 0. The van der Waals surface area contributed by atoms with Gasteiger partial charge in [-0.15, -0.1) is 0 Å². The fraction of sp³-hybridized carbons (Fsp3) is 0.400. The summed E-state index contributed by atoms with van der Waals surface area (Å²) in [5.41, 5.74) is 0.964. The quantitative estimate of drug-likeness (QED) is 0.777. The molecule has 1 aromatic heterocycles. The Labute approximate surface area is 108 Å².